The van der Waals surface area contributed by atoms with Crippen molar-refractivity contribution in [3.8, 4) is 0 Å². The van der Waals surface area contributed by atoms with Gasteiger partial charge in [0, 0.05) is 51.4 Å². The van der Waals surface area contributed by atoms with Crippen molar-refractivity contribution in [2.24, 2.45) is 0 Å². The zero-order valence-electron chi connectivity index (χ0n) is 6.88. The number of rotatable bonds is 1. The molecule has 1 nitrogen and oxygen atoms in total. The Bertz CT molecular complexity index is 124. The summed E-state index contributed by atoms with van der Waals surface area (Å²) in [6.07, 6.45) is 6.57. The van der Waals surface area contributed by atoms with Crippen LogP contribution in [0.3, 0.4) is 0 Å². The predicted molar refractivity (Wildman–Crippen MR) is 55.3 cm³/mol. The van der Waals surface area contributed by atoms with Gasteiger partial charge in [-0.05, 0) is 37.9 Å². The Hall–Kier alpha value is 1.88. The molecule has 0 bridgehead atoms. The summed E-state index contributed by atoms with van der Waals surface area (Å²) in [5.41, 5.74) is 0. The third-order valence-electron chi connectivity index (χ3n) is 1.82. The Balaban J connectivity index is 0.000001000. The minimum absolute atomic E-state index is 0. The van der Waals surface area contributed by atoms with Crippen molar-refractivity contribution in [3.05, 3.63) is 0 Å². The number of hydrogen-bond acceptors (Lipinski definition) is 2. The van der Waals surface area contributed by atoms with E-state index in [1.807, 2.05) is 0 Å². The molecule has 4 heteroatoms. The molecule has 0 spiro atoms. The van der Waals surface area contributed by atoms with E-state index >= 15 is 0 Å². The molecule has 1 aliphatic carbocycles. The van der Waals surface area contributed by atoms with E-state index in [-0.39, 0.29) is 51.4 Å². The fourth-order valence-electron chi connectivity index (χ4n) is 1.33. The zero-order valence-corrected chi connectivity index (χ0v) is 11.7. The van der Waals surface area contributed by atoms with Gasteiger partial charge >= 0.3 is 0 Å². The van der Waals surface area contributed by atoms with E-state index in [0.29, 0.717) is 10.5 Å². The van der Waals surface area contributed by atoms with Crippen LogP contribution in [0.25, 0.3) is 0 Å². The summed E-state index contributed by atoms with van der Waals surface area (Å²) in [7, 11) is 0. The van der Waals surface area contributed by atoms with Gasteiger partial charge in [0.05, 0.1) is 0 Å². The molecule has 0 atom stereocenters. The third kappa shape index (κ3) is 6.02. The van der Waals surface area contributed by atoms with Crippen LogP contribution >= 0.6 is 24.8 Å². The van der Waals surface area contributed by atoms with E-state index in [1.165, 1.54) is 19.3 Å². The van der Waals surface area contributed by atoms with Crippen LogP contribution in [0.15, 0.2) is 0 Å². The van der Waals surface area contributed by atoms with Gasteiger partial charge in [0.25, 0.3) is 0 Å². The maximum Gasteiger partial charge on any atom is 0.217 e. The second kappa shape index (κ2) is 7.30. The molecule has 1 aliphatic rings. The van der Waals surface area contributed by atoms with Gasteiger partial charge in [-0.15, -0.1) is 0 Å². The first-order valence-electron chi connectivity index (χ1n) is 3.68. The maximum absolute atomic E-state index is 5.29. The molecular formula is C7H12KOS2. The Labute approximate surface area is 121 Å². The van der Waals surface area contributed by atoms with E-state index in [2.05, 4.69) is 12.6 Å². The molecule has 0 aromatic rings. The van der Waals surface area contributed by atoms with Crippen molar-refractivity contribution in [1.82, 2.24) is 0 Å². The van der Waals surface area contributed by atoms with Crippen molar-refractivity contribution in [2.75, 3.05) is 0 Å². The van der Waals surface area contributed by atoms with Gasteiger partial charge in [0.1, 0.15) is 6.10 Å². The number of hydrogen-bond donors (Lipinski definition) is 1. The zero-order chi connectivity index (χ0) is 7.40. The van der Waals surface area contributed by atoms with Gasteiger partial charge in [0.2, 0.25) is 4.38 Å². The molecular weight excluding hydrogens is 203 g/mol. The normalized spacial score (nSPS) is 18.6. The summed E-state index contributed by atoms with van der Waals surface area (Å²) in [5.74, 6) is 0. The van der Waals surface area contributed by atoms with Gasteiger partial charge in [-0.25, -0.2) is 0 Å². The van der Waals surface area contributed by atoms with E-state index in [4.69, 9.17) is 17.0 Å². The van der Waals surface area contributed by atoms with E-state index in [9.17, 15) is 0 Å². The second-order valence-electron chi connectivity index (χ2n) is 2.64. The van der Waals surface area contributed by atoms with Crippen LogP contribution in [0.5, 0.6) is 0 Å². The van der Waals surface area contributed by atoms with Gasteiger partial charge in [0.15, 0.2) is 0 Å². The Morgan fingerprint density at radius 2 is 1.82 bits per heavy atom. The largest absolute Gasteiger partial charge is 0.475 e. The van der Waals surface area contributed by atoms with E-state index in [0.717, 1.165) is 12.8 Å². The molecule has 0 aromatic heterocycles. The van der Waals surface area contributed by atoms with Gasteiger partial charge in [-0.3, -0.25) is 0 Å². The van der Waals surface area contributed by atoms with Crippen LogP contribution in [0.4, 0.5) is 0 Å². The number of thiol groups is 1. The average molecular weight is 215 g/mol. The standard InChI is InChI=1S/C7H12OS2.K/c9-7(10)8-6-4-2-1-3-5-6;/h6H,1-5H2,(H,9,10);. The first-order valence-corrected chi connectivity index (χ1v) is 4.54. The smallest absolute Gasteiger partial charge is 0.217 e. The molecule has 11 heavy (non-hydrogen) atoms. The molecule has 0 unspecified atom stereocenters. The van der Waals surface area contributed by atoms with Gasteiger partial charge < -0.3 is 4.74 Å². The topological polar surface area (TPSA) is 9.23 Å². The van der Waals surface area contributed by atoms with Crippen molar-refractivity contribution in [3.63, 3.8) is 0 Å². The molecule has 0 heterocycles. The summed E-state index contributed by atoms with van der Waals surface area (Å²) in [6.45, 7) is 0. The minimum Gasteiger partial charge on any atom is -0.475 e. The summed E-state index contributed by atoms with van der Waals surface area (Å²) < 4.78 is 5.68. The van der Waals surface area contributed by atoms with Gasteiger partial charge in [-0.2, -0.15) is 0 Å². The van der Waals surface area contributed by atoms with E-state index in [1.54, 1.807) is 0 Å². The Kier molecular flexibility index (Phi) is 8.54. The first-order chi connectivity index (χ1) is 4.79. The van der Waals surface area contributed by atoms with Crippen LogP contribution in [-0.4, -0.2) is 61.9 Å². The summed E-state index contributed by atoms with van der Waals surface area (Å²) in [5, 5.41) is 0. The van der Waals surface area contributed by atoms with Crippen LogP contribution in [0.1, 0.15) is 32.1 Å². The Morgan fingerprint density at radius 3 is 2.27 bits per heavy atom. The molecule has 0 amide bonds. The average Bonchev–Trinajstić information content (AvgIpc) is 1.88. The fraction of sp³-hybridized carbons (Fsp3) is 0.857. The van der Waals surface area contributed by atoms with Crippen molar-refractivity contribution in [2.45, 2.75) is 38.2 Å². The third-order valence-corrected chi connectivity index (χ3v) is 2.02. The molecule has 1 saturated carbocycles. The molecule has 0 saturated heterocycles. The second-order valence-corrected chi connectivity index (χ2v) is 3.72. The minimum atomic E-state index is 0. The molecule has 1 radical (unpaired) electrons. The van der Waals surface area contributed by atoms with Crippen LogP contribution < -0.4 is 0 Å². The molecule has 59 valence electrons. The van der Waals surface area contributed by atoms with Crippen molar-refractivity contribution < 1.29 is 4.74 Å². The predicted octanol–water partition coefficient (Wildman–Crippen LogP) is 2.17. The fourth-order valence-corrected chi connectivity index (χ4v) is 1.61. The summed E-state index contributed by atoms with van der Waals surface area (Å²) in [4.78, 5) is 0. The van der Waals surface area contributed by atoms with Crippen LogP contribution in [0, 0.1) is 0 Å². The van der Waals surface area contributed by atoms with Crippen LogP contribution in [-0.2, 0) is 4.74 Å². The number of thiocarbonyl (C=S) groups is 1. The summed E-state index contributed by atoms with van der Waals surface area (Å²) >= 11 is 8.64. The summed E-state index contributed by atoms with van der Waals surface area (Å²) in [6, 6.07) is 0. The van der Waals surface area contributed by atoms with Crippen molar-refractivity contribution >= 4 is 80.6 Å². The maximum atomic E-state index is 5.29. The molecule has 0 aliphatic heterocycles. The monoisotopic (exact) mass is 215 g/mol. The SMILES string of the molecule is S=C(S)OC1CCCCC1.[K]. The van der Waals surface area contributed by atoms with Crippen LogP contribution in [0.2, 0.25) is 0 Å². The molecule has 1 rings (SSSR count). The molecule has 1 fully saturated rings. The first kappa shape index (κ1) is 12.9. The van der Waals surface area contributed by atoms with Crippen molar-refractivity contribution in [1.29, 1.82) is 0 Å². The van der Waals surface area contributed by atoms with Gasteiger partial charge in [-0.1, -0.05) is 19.0 Å². The quantitative estimate of drug-likeness (QED) is 0.408. The Morgan fingerprint density at radius 1 is 1.27 bits per heavy atom. The molecule has 0 N–H and O–H groups in total. The number of ether oxygens (including phenoxy) is 1. The van der Waals surface area contributed by atoms with E-state index < -0.39 is 0 Å². The molecule has 0 aromatic carbocycles.